The van der Waals surface area contributed by atoms with E-state index in [9.17, 15) is 10.1 Å². The molecule has 1 saturated heterocycles. The van der Waals surface area contributed by atoms with E-state index in [-0.39, 0.29) is 11.9 Å². The van der Waals surface area contributed by atoms with Crippen LogP contribution in [0.1, 0.15) is 71.3 Å². The van der Waals surface area contributed by atoms with Gasteiger partial charge in [-0.1, -0.05) is 44.5 Å². The van der Waals surface area contributed by atoms with Gasteiger partial charge in [-0.05, 0) is 62.0 Å². The van der Waals surface area contributed by atoms with Gasteiger partial charge < -0.3 is 9.64 Å². The van der Waals surface area contributed by atoms with E-state index >= 15 is 0 Å². The van der Waals surface area contributed by atoms with Gasteiger partial charge >= 0.3 is 0 Å². The minimum absolute atomic E-state index is 0.133. The molecular formula is C28H39ClN6O2. The molecule has 4 rings (SSSR count). The lowest BCUT2D eigenvalue weighted by Gasteiger charge is -2.36. The highest BCUT2D eigenvalue weighted by Crippen LogP contribution is 2.38. The van der Waals surface area contributed by atoms with Crippen molar-refractivity contribution in [1.29, 1.82) is 5.26 Å². The number of aliphatic imine (C=N–C) groups is 1. The lowest BCUT2D eigenvalue weighted by atomic mass is 9.72. The Hall–Kier alpha value is -2.63. The van der Waals surface area contributed by atoms with Crippen LogP contribution in [0.3, 0.4) is 0 Å². The van der Waals surface area contributed by atoms with Crippen molar-refractivity contribution < 1.29 is 9.53 Å². The molecule has 37 heavy (non-hydrogen) atoms. The Morgan fingerprint density at radius 3 is 2.59 bits per heavy atom. The molecule has 0 aromatic heterocycles. The third-order valence-electron chi connectivity index (χ3n) is 7.74. The Balaban J connectivity index is 1.36. The summed E-state index contributed by atoms with van der Waals surface area (Å²) in [4.78, 5) is 19.1. The smallest absolute Gasteiger partial charge is 0.228 e. The van der Waals surface area contributed by atoms with Crippen molar-refractivity contribution in [1.82, 2.24) is 15.2 Å². The third kappa shape index (κ3) is 7.03. The van der Waals surface area contributed by atoms with E-state index in [1.165, 1.54) is 12.8 Å². The maximum Gasteiger partial charge on any atom is 0.228 e. The SMILES string of the molecule is CC(C)(C)C1CCC(OCCCN=C(NC#N)N2CC(N3CCCC3=O)C(c3ccc(Cl)cc3)=N2)CC1. The first-order chi connectivity index (χ1) is 17.8. The number of hydrogen-bond acceptors (Lipinski definition) is 5. The normalized spacial score (nSPS) is 24.8. The van der Waals surface area contributed by atoms with Crippen LogP contribution in [0.15, 0.2) is 34.4 Å². The average Bonchev–Trinajstić information content (AvgIpc) is 3.49. The molecule has 0 spiro atoms. The van der Waals surface area contributed by atoms with E-state index in [1.54, 1.807) is 5.01 Å². The van der Waals surface area contributed by atoms with E-state index in [2.05, 4.69) is 31.1 Å². The van der Waals surface area contributed by atoms with Crippen LogP contribution in [-0.4, -0.2) is 65.9 Å². The summed E-state index contributed by atoms with van der Waals surface area (Å²) >= 11 is 6.09. The van der Waals surface area contributed by atoms with Gasteiger partial charge in [0, 0.05) is 36.7 Å². The van der Waals surface area contributed by atoms with Crippen LogP contribution < -0.4 is 5.32 Å². The number of nitrogens with one attached hydrogen (secondary N) is 1. The molecule has 1 aromatic carbocycles. The highest BCUT2D eigenvalue weighted by atomic mass is 35.5. The number of nitriles is 1. The van der Waals surface area contributed by atoms with Gasteiger partial charge in [0.15, 0.2) is 6.19 Å². The molecule has 2 heterocycles. The Bertz CT molecular complexity index is 1030. The van der Waals surface area contributed by atoms with Crippen molar-refractivity contribution in [3.05, 3.63) is 34.9 Å². The molecule has 0 bridgehead atoms. The molecule has 1 amide bonds. The number of rotatable bonds is 7. The molecule has 1 aliphatic carbocycles. The second kappa shape index (κ2) is 12.3. The van der Waals surface area contributed by atoms with E-state index < -0.39 is 0 Å². The van der Waals surface area contributed by atoms with Crippen molar-refractivity contribution >= 4 is 29.2 Å². The second-order valence-corrected chi connectivity index (χ2v) is 11.7. The third-order valence-corrected chi connectivity index (χ3v) is 8.00. The van der Waals surface area contributed by atoms with Crippen LogP contribution in [0.5, 0.6) is 0 Å². The molecule has 2 fully saturated rings. The van der Waals surface area contributed by atoms with Crippen molar-refractivity contribution in [2.75, 3.05) is 26.2 Å². The number of benzene rings is 1. The topological polar surface area (TPSA) is 93.3 Å². The number of guanidine groups is 1. The molecule has 8 nitrogen and oxygen atoms in total. The standard InChI is InChI=1S/C28H39ClN6O2/c1-28(2,3)21-9-13-23(14-10-21)37-17-5-15-31-27(32-19-30)35-18-24(34-16-4-6-25(34)36)26(33-35)20-7-11-22(29)12-8-20/h7-8,11-12,21,23-24H,4-6,9-10,13-18H2,1-3H3,(H,31,32). The first-order valence-electron chi connectivity index (χ1n) is 13.5. The fourth-order valence-electron chi connectivity index (χ4n) is 5.57. The first-order valence-corrected chi connectivity index (χ1v) is 13.9. The minimum Gasteiger partial charge on any atom is -0.378 e. The summed E-state index contributed by atoms with van der Waals surface area (Å²) < 4.78 is 6.14. The number of amides is 1. The van der Waals surface area contributed by atoms with Crippen molar-refractivity contribution in [3.63, 3.8) is 0 Å². The fraction of sp³-hybridized carbons (Fsp3) is 0.643. The summed E-state index contributed by atoms with van der Waals surface area (Å²) in [6, 6.07) is 7.28. The first kappa shape index (κ1) is 27.4. The van der Waals surface area contributed by atoms with Crippen molar-refractivity contribution in [3.8, 4) is 6.19 Å². The molecule has 200 valence electrons. The van der Waals surface area contributed by atoms with Gasteiger partial charge in [0.1, 0.15) is 0 Å². The van der Waals surface area contributed by atoms with Crippen LogP contribution in [0.25, 0.3) is 0 Å². The van der Waals surface area contributed by atoms with Crippen LogP contribution in [0.4, 0.5) is 0 Å². The summed E-state index contributed by atoms with van der Waals surface area (Å²) in [5.74, 6) is 1.30. The summed E-state index contributed by atoms with van der Waals surface area (Å²) in [5.41, 5.74) is 2.06. The maximum atomic E-state index is 12.6. The highest BCUT2D eigenvalue weighted by Gasteiger charge is 2.38. The van der Waals surface area contributed by atoms with E-state index in [1.807, 2.05) is 35.4 Å². The van der Waals surface area contributed by atoms with E-state index in [0.29, 0.717) is 55.2 Å². The minimum atomic E-state index is -0.201. The summed E-state index contributed by atoms with van der Waals surface area (Å²) in [6.45, 7) is 9.32. The Kier molecular flexibility index (Phi) is 9.09. The predicted molar refractivity (Wildman–Crippen MR) is 146 cm³/mol. The van der Waals surface area contributed by atoms with Crippen LogP contribution in [0, 0.1) is 22.8 Å². The molecule has 0 radical (unpaired) electrons. The molecule has 1 N–H and O–H groups in total. The van der Waals surface area contributed by atoms with Gasteiger partial charge in [-0.2, -0.15) is 10.4 Å². The van der Waals surface area contributed by atoms with E-state index in [4.69, 9.17) is 21.4 Å². The Morgan fingerprint density at radius 2 is 1.97 bits per heavy atom. The molecule has 1 unspecified atom stereocenters. The number of hydrazone groups is 1. The zero-order valence-electron chi connectivity index (χ0n) is 22.3. The van der Waals surface area contributed by atoms with Crippen molar-refractivity contribution in [2.45, 2.75) is 77.9 Å². The Labute approximate surface area is 225 Å². The number of hydrogen-bond donors (Lipinski definition) is 1. The largest absolute Gasteiger partial charge is 0.378 e. The maximum absolute atomic E-state index is 12.6. The number of carbonyl (C=O) groups excluding carboxylic acids is 1. The summed E-state index contributed by atoms with van der Waals surface area (Å²) in [7, 11) is 0. The van der Waals surface area contributed by atoms with Gasteiger partial charge in [-0.15, -0.1) is 0 Å². The average molecular weight is 527 g/mol. The fourth-order valence-corrected chi connectivity index (χ4v) is 5.69. The zero-order valence-corrected chi connectivity index (χ0v) is 23.0. The lowest BCUT2D eigenvalue weighted by molar-refractivity contribution is -0.128. The van der Waals surface area contributed by atoms with E-state index in [0.717, 1.165) is 42.9 Å². The number of likely N-dealkylation sites (tertiary alicyclic amines) is 1. The predicted octanol–water partition coefficient (Wildman–Crippen LogP) is 4.79. The lowest BCUT2D eigenvalue weighted by Crippen LogP contribution is -2.45. The van der Waals surface area contributed by atoms with Crippen LogP contribution in [0.2, 0.25) is 5.02 Å². The van der Waals surface area contributed by atoms with Gasteiger partial charge in [0.25, 0.3) is 0 Å². The molecule has 3 aliphatic rings. The molecule has 1 atom stereocenters. The van der Waals surface area contributed by atoms with Gasteiger partial charge in [0.05, 0.1) is 24.4 Å². The number of halogens is 1. The van der Waals surface area contributed by atoms with Gasteiger partial charge in [-0.25, -0.2) is 5.01 Å². The highest BCUT2D eigenvalue weighted by molar-refractivity contribution is 6.30. The van der Waals surface area contributed by atoms with Crippen LogP contribution in [-0.2, 0) is 9.53 Å². The quantitative estimate of drug-likeness (QED) is 0.181. The van der Waals surface area contributed by atoms with Gasteiger partial charge in [-0.3, -0.25) is 15.1 Å². The van der Waals surface area contributed by atoms with Crippen LogP contribution >= 0.6 is 11.6 Å². The number of nitrogens with zero attached hydrogens (tertiary/aromatic N) is 5. The zero-order chi connectivity index (χ0) is 26.4. The molecular weight excluding hydrogens is 488 g/mol. The van der Waals surface area contributed by atoms with Crippen molar-refractivity contribution in [2.24, 2.45) is 21.4 Å². The number of carbonyl (C=O) groups is 1. The number of ether oxygens (including phenoxy) is 1. The summed E-state index contributed by atoms with van der Waals surface area (Å²) in [5, 5.41) is 19.2. The molecule has 2 aliphatic heterocycles. The molecule has 9 heteroatoms. The monoisotopic (exact) mass is 526 g/mol. The molecule has 1 saturated carbocycles. The second-order valence-electron chi connectivity index (χ2n) is 11.3. The van der Waals surface area contributed by atoms with Gasteiger partial charge in [0.2, 0.25) is 11.9 Å². The Morgan fingerprint density at radius 1 is 1.24 bits per heavy atom. The molecule has 1 aromatic rings. The summed E-state index contributed by atoms with van der Waals surface area (Å²) in [6.07, 6.45) is 9.20.